The first-order chi connectivity index (χ1) is 14.5. The molecule has 0 saturated carbocycles. The Morgan fingerprint density at radius 2 is 1.90 bits per heavy atom. The minimum Gasteiger partial charge on any atom is -0.478 e. The molecule has 1 N–H and O–H groups in total. The van der Waals surface area contributed by atoms with Gasteiger partial charge in [0.25, 0.3) is 0 Å². The van der Waals surface area contributed by atoms with Gasteiger partial charge in [0.15, 0.2) is 5.82 Å². The highest BCUT2D eigenvalue weighted by Crippen LogP contribution is 2.24. The molecule has 0 spiro atoms. The summed E-state index contributed by atoms with van der Waals surface area (Å²) in [5, 5.41) is 14.2. The van der Waals surface area contributed by atoms with Gasteiger partial charge in [-0.15, -0.1) is 0 Å². The summed E-state index contributed by atoms with van der Waals surface area (Å²) in [6.07, 6.45) is 8.28. The van der Waals surface area contributed by atoms with Crippen LogP contribution in [-0.2, 0) is 13.0 Å². The highest BCUT2D eigenvalue weighted by molar-refractivity contribution is 5.95. The number of aromatic nitrogens is 4. The Kier molecular flexibility index (Phi) is 7.33. The van der Waals surface area contributed by atoms with Crippen LogP contribution < -0.4 is 0 Å². The molecular weight excluding hydrogens is 376 g/mol. The van der Waals surface area contributed by atoms with Gasteiger partial charge in [0.2, 0.25) is 0 Å². The molecule has 0 radical (unpaired) electrons. The van der Waals surface area contributed by atoms with Crippen molar-refractivity contribution >= 4 is 5.97 Å². The van der Waals surface area contributed by atoms with E-state index in [0.717, 1.165) is 42.2 Å². The van der Waals surface area contributed by atoms with Gasteiger partial charge < -0.3 is 5.11 Å². The van der Waals surface area contributed by atoms with Crippen LogP contribution in [0.1, 0.15) is 79.9 Å². The smallest absolute Gasteiger partial charge is 0.336 e. The van der Waals surface area contributed by atoms with Crippen molar-refractivity contribution in [2.24, 2.45) is 0 Å². The number of carboxylic acid groups (broad SMARTS) is 1. The number of aromatic carboxylic acids is 1. The molecule has 6 heteroatoms. The van der Waals surface area contributed by atoms with Crippen LogP contribution in [0.25, 0.3) is 11.1 Å². The molecule has 0 aliphatic heterocycles. The number of aryl methyl sites for hydroxylation is 1. The van der Waals surface area contributed by atoms with Gasteiger partial charge in [-0.2, -0.15) is 5.10 Å². The molecule has 30 heavy (non-hydrogen) atoms. The van der Waals surface area contributed by atoms with E-state index in [1.54, 1.807) is 6.20 Å². The minimum absolute atomic E-state index is 0.256. The molecule has 2 aromatic heterocycles. The molecule has 2 heterocycles. The van der Waals surface area contributed by atoms with Crippen LogP contribution in [0, 0.1) is 0 Å². The van der Waals surface area contributed by atoms with E-state index < -0.39 is 5.97 Å². The largest absolute Gasteiger partial charge is 0.478 e. The number of pyridine rings is 1. The third kappa shape index (κ3) is 5.12. The zero-order chi connectivity index (χ0) is 21.5. The van der Waals surface area contributed by atoms with Gasteiger partial charge in [-0.3, -0.25) is 4.98 Å². The van der Waals surface area contributed by atoms with Crippen molar-refractivity contribution < 1.29 is 9.90 Å². The van der Waals surface area contributed by atoms with E-state index in [-0.39, 0.29) is 5.56 Å². The number of benzene rings is 1. The van der Waals surface area contributed by atoms with E-state index in [1.807, 2.05) is 24.3 Å². The van der Waals surface area contributed by atoms with Gasteiger partial charge >= 0.3 is 5.97 Å². The van der Waals surface area contributed by atoms with Gasteiger partial charge in [0.1, 0.15) is 5.82 Å². The number of hydrogen-bond acceptors (Lipinski definition) is 4. The molecule has 6 nitrogen and oxygen atoms in total. The van der Waals surface area contributed by atoms with E-state index in [0.29, 0.717) is 17.9 Å². The molecule has 3 aromatic rings. The lowest BCUT2D eigenvalue weighted by Crippen LogP contribution is -2.07. The van der Waals surface area contributed by atoms with E-state index >= 15 is 0 Å². The van der Waals surface area contributed by atoms with Crippen molar-refractivity contribution in [3.63, 3.8) is 0 Å². The predicted molar refractivity (Wildman–Crippen MR) is 118 cm³/mol. The quantitative estimate of drug-likeness (QED) is 0.460. The maximum Gasteiger partial charge on any atom is 0.336 e. The number of unbranched alkanes of at least 4 members (excludes halogenated alkanes) is 2. The van der Waals surface area contributed by atoms with Crippen molar-refractivity contribution in [1.82, 2.24) is 19.7 Å². The average molecular weight is 407 g/mol. The molecule has 0 amide bonds. The van der Waals surface area contributed by atoms with Gasteiger partial charge in [-0.05, 0) is 30.0 Å². The molecule has 0 aliphatic carbocycles. The SMILES string of the molecule is CCCCCn1nc(C(C)CC)nc1Cc1ccc(-c2cnccc2C(=O)O)cc1. The fourth-order valence-electron chi connectivity index (χ4n) is 3.40. The Labute approximate surface area is 178 Å². The van der Waals surface area contributed by atoms with Crippen LogP contribution in [-0.4, -0.2) is 30.8 Å². The Hall–Kier alpha value is -3.02. The molecule has 0 bridgehead atoms. The summed E-state index contributed by atoms with van der Waals surface area (Å²) in [5.41, 5.74) is 2.85. The van der Waals surface area contributed by atoms with Crippen LogP contribution in [0.15, 0.2) is 42.7 Å². The summed E-state index contributed by atoms with van der Waals surface area (Å²) in [5.74, 6) is 1.30. The van der Waals surface area contributed by atoms with Crippen LogP contribution in [0.5, 0.6) is 0 Å². The lowest BCUT2D eigenvalue weighted by Gasteiger charge is -2.08. The molecule has 158 valence electrons. The Balaban J connectivity index is 1.83. The van der Waals surface area contributed by atoms with Crippen LogP contribution in [0.2, 0.25) is 0 Å². The lowest BCUT2D eigenvalue weighted by atomic mass is 10.00. The molecular formula is C24H30N4O2. The van der Waals surface area contributed by atoms with Crippen molar-refractivity contribution in [2.75, 3.05) is 0 Å². The molecule has 3 rings (SSSR count). The highest BCUT2D eigenvalue weighted by atomic mass is 16.4. The van der Waals surface area contributed by atoms with Gasteiger partial charge in [-0.25, -0.2) is 14.5 Å². The predicted octanol–water partition coefficient (Wildman–Crippen LogP) is 5.33. The fourth-order valence-corrected chi connectivity index (χ4v) is 3.40. The lowest BCUT2D eigenvalue weighted by molar-refractivity contribution is 0.0697. The van der Waals surface area contributed by atoms with E-state index in [1.165, 1.54) is 25.1 Å². The van der Waals surface area contributed by atoms with Crippen molar-refractivity contribution in [2.45, 2.75) is 65.3 Å². The zero-order valence-electron chi connectivity index (χ0n) is 18.0. The van der Waals surface area contributed by atoms with E-state index in [9.17, 15) is 9.90 Å². The summed E-state index contributed by atoms with van der Waals surface area (Å²) in [6.45, 7) is 7.41. The first-order valence-corrected chi connectivity index (χ1v) is 10.7. The van der Waals surface area contributed by atoms with Crippen molar-refractivity contribution in [1.29, 1.82) is 0 Å². The summed E-state index contributed by atoms with van der Waals surface area (Å²) < 4.78 is 2.06. The van der Waals surface area contributed by atoms with Gasteiger partial charge in [-0.1, -0.05) is 57.9 Å². The average Bonchev–Trinajstić information content (AvgIpc) is 3.16. The van der Waals surface area contributed by atoms with Crippen LogP contribution >= 0.6 is 0 Å². The molecule has 0 saturated heterocycles. The normalized spacial score (nSPS) is 12.1. The zero-order valence-corrected chi connectivity index (χ0v) is 18.0. The molecule has 1 unspecified atom stereocenters. The second-order valence-electron chi connectivity index (χ2n) is 7.73. The Bertz CT molecular complexity index is 979. The third-order valence-corrected chi connectivity index (χ3v) is 5.47. The number of nitrogens with zero attached hydrogens (tertiary/aromatic N) is 4. The minimum atomic E-state index is -0.950. The third-order valence-electron chi connectivity index (χ3n) is 5.47. The highest BCUT2D eigenvalue weighted by Gasteiger charge is 2.15. The Morgan fingerprint density at radius 3 is 2.57 bits per heavy atom. The maximum atomic E-state index is 11.5. The van der Waals surface area contributed by atoms with E-state index in [4.69, 9.17) is 10.1 Å². The number of carbonyl (C=O) groups is 1. The molecule has 1 atom stereocenters. The number of carboxylic acids is 1. The fraction of sp³-hybridized carbons (Fsp3) is 0.417. The van der Waals surface area contributed by atoms with E-state index in [2.05, 4.69) is 30.4 Å². The topological polar surface area (TPSA) is 80.9 Å². The van der Waals surface area contributed by atoms with Gasteiger partial charge in [0.05, 0.1) is 5.56 Å². The monoisotopic (exact) mass is 406 g/mol. The number of rotatable bonds is 10. The first-order valence-electron chi connectivity index (χ1n) is 10.7. The molecule has 0 aliphatic rings. The summed E-state index contributed by atoms with van der Waals surface area (Å²) in [4.78, 5) is 20.4. The first kappa shape index (κ1) is 21.7. The maximum absolute atomic E-state index is 11.5. The molecule has 0 fully saturated rings. The second-order valence-corrected chi connectivity index (χ2v) is 7.73. The van der Waals surface area contributed by atoms with Crippen LogP contribution in [0.4, 0.5) is 0 Å². The Morgan fingerprint density at radius 1 is 1.13 bits per heavy atom. The van der Waals surface area contributed by atoms with Crippen LogP contribution in [0.3, 0.4) is 0 Å². The number of hydrogen-bond donors (Lipinski definition) is 1. The summed E-state index contributed by atoms with van der Waals surface area (Å²) in [7, 11) is 0. The second kappa shape index (κ2) is 10.1. The van der Waals surface area contributed by atoms with Crippen molar-refractivity contribution in [3.05, 3.63) is 65.5 Å². The summed E-state index contributed by atoms with van der Waals surface area (Å²) in [6, 6.07) is 9.49. The van der Waals surface area contributed by atoms with Crippen molar-refractivity contribution in [3.8, 4) is 11.1 Å². The molecule has 1 aromatic carbocycles. The standard InChI is InChI=1S/C24H30N4O2/c1-4-6-7-14-28-22(26-23(27-28)17(3)5-2)15-18-8-10-19(11-9-18)21-16-25-13-12-20(21)24(29)30/h8-13,16-17H,4-7,14-15H2,1-3H3,(H,29,30). The van der Waals surface area contributed by atoms with Gasteiger partial charge in [0, 0.05) is 36.8 Å². The summed E-state index contributed by atoms with van der Waals surface area (Å²) >= 11 is 0.